The molecule has 0 saturated carbocycles. The van der Waals surface area contributed by atoms with Crippen molar-refractivity contribution in [3.8, 4) is 5.69 Å². The van der Waals surface area contributed by atoms with Crippen molar-refractivity contribution in [2.24, 2.45) is 0 Å². The molecule has 0 fully saturated rings. The molecule has 0 bridgehead atoms. The minimum atomic E-state index is -0.507. The van der Waals surface area contributed by atoms with Gasteiger partial charge in [-0.1, -0.05) is 17.7 Å². The van der Waals surface area contributed by atoms with Gasteiger partial charge in [0.05, 0.1) is 11.2 Å². The third-order valence-electron chi connectivity index (χ3n) is 2.15. The zero-order valence-corrected chi connectivity index (χ0v) is 9.20. The Labute approximate surface area is 96.5 Å². The van der Waals surface area contributed by atoms with Crippen LogP contribution in [0.5, 0.6) is 0 Å². The number of halogens is 2. The van der Waals surface area contributed by atoms with Crippen molar-refractivity contribution in [3.63, 3.8) is 0 Å². The van der Waals surface area contributed by atoms with Crippen LogP contribution in [0, 0.1) is 5.82 Å². The van der Waals surface area contributed by atoms with Gasteiger partial charge in [-0.25, -0.2) is 9.07 Å². The van der Waals surface area contributed by atoms with Gasteiger partial charge in [0.1, 0.15) is 11.5 Å². The van der Waals surface area contributed by atoms with Crippen LogP contribution in [0.25, 0.3) is 5.69 Å². The molecule has 2 aromatic rings. The minimum absolute atomic E-state index is 0.127. The molecular formula is C11H8ClFN2O. The molecule has 1 heterocycles. The van der Waals surface area contributed by atoms with Crippen molar-refractivity contribution in [3.05, 3.63) is 47.0 Å². The fraction of sp³-hybridized carbons (Fsp3) is 0.0909. The normalized spacial score (nSPS) is 10.4. The van der Waals surface area contributed by atoms with Gasteiger partial charge >= 0.3 is 0 Å². The summed E-state index contributed by atoms with van der Waals surface area (Å²) in [6.45, 7) is 1.38. The monoisotopic (exact) mass is 238 g/mol. The number of hydrogen-bond acceptors (Lipinski definition) is 2. The van der Waals surface area contributed by atoms with E-state index in [-0.39, 0.29) is 17.0 Å². The molecule has 0 aliphatic rings. The maximum Gasteiger partial charge on any atom is 0.162 e. The first-order valence-corrected chi connectivity index (χ1v) is 4.97. The van der Waals surface area contributed by atoms with E-state index in [0.29, 0.717) is 5.02 Å². The number of carbonyl (C=O) groups excluding carboxylic acids is 1. The second-order valence-electron chi connectivity index (χ2n) is 3.30. The topological polar surface area (TPSA) is 34.9 Å². The number of Topliss-reactive ketones (excluding diaryl/α,β-unsaturated/α-hetero) is 1. The van der Waals surface area contributed by atoms with Crippen LogP contribution in [0.15, 0.2) is 30.6 Å². The highest BCUT2D eigenvalue weighted by molar-refractivity contribution is 6.30. The maximum atomic E-state index is 13.6. The second kappa shape index (κ2) is 4.06. The zero-order chi connectivity index (χ0) is 11.7. The summed E-state index contributed by atoms with van der Waals surface area (Å²) in [4.78, 5) is 11.4. The van der Waals surface area contributed by atoms with Gasteiger partial charge < -0.3 is 0 Å². The summed E-state index contributed by atoms with van der Waals surface area (Å²) in [6, 6.07) is 4.31. The Balaban J connectivity index is 2.67. The summed E-state index contributed by atoms with van der Waals surface area (Å²) >= 11 is 5.70. The van der Waals surface area contributed by atoms with Crippen molar-refractivity contribution in [1.29, 1.82) is 0 Å². The van der Waals surface area contributed by atoms with Gasteiger partial charge in [-0.3, -0.25) is 4.79 Å². The van der Waals surface area contributed by atoms with E-state index in [4.69, 9.17) is 11.6 Å². The van der Waals surface area contributed by atoms with Gasteiger partial charge in [-0.05, 0) is 19.1 Å². The number of carbonyl (C=O) groups is 1. The Morgan fingerprint density at radius 3 is 2.81 bits per heavy atom. The third-order valence-corrected chi connectivity index (χ3v) is 2.34. The van der Waals surface area contributed by atoms with E-state index in [1.807, 2.05) is 0 Å². The van der Waals surface area contributed by atoms with Gasteiger partial charge in [0.25, 0.3) is 0 Å². The van der Waals surface area contributed by atoms with Crippen molar-refractivity contribution in [2.75, 3.05) is 0 Å². The molecule has 0 N–H and O–H groups in total. The Morgan fingerprint density at radius 2 is 2.25 bits per heavy atom. The van der Waals surface area contributed by atoms with Gasteiger partial charge in [0.15, 0.2) is 5.78 Å². The quantitative estimate of drug-likeness (QED) is 0.754. The summed E-state index contributed by atoms with van der Waals surface area (Å²) in [7, 11) is 0. The number of aromatic nitrogens is 2. The first-order valence-electron chi connectivity index (χ1n) is 4.59. The molecule has 16 heavy (non-hydrogen) atoms. The largest absolute Gasteiger partial charge is 0.294 e. The Hall–Kier alpha value is -1.68. The van der Waals surface area contributed by atoms with Crippen LogP contribution < -0.4 is 0 Å². The first kappa shape index (κ1) is 10.8. The maximum absolute atomic E-state index is 13.6. The summed E-state index contributed by atoms with van der Waals surface area (Å²) in [5.41, 5.74) is 0.404. The van der Waals surface area contributed by atoms with Gasteiger partial charge in [0, 0.05) is 11.8 Å². The molecule has 0 spiro atoms. The van der Waals surface area contributed by atoms with Crippen LogP contribution in [-0.2, 0) is 0 Å². The summed E-state index contributed by atoms with van der Waals surface area (Å²) < 4.78 is 14.9. The predicted molar refractivity (Wildman–Crippen MR) is 58.5 cm³/mol. The Kier molecular flexibility index (Phi) is 2.75. The van der Waals surface area contributed by atoms with E-state index >= 15 is 0 Å². The molecule has 0 radical (unpaired) electrons. The lowest BCUT2D eigenvalue weighted by atomic mass is 10.1. The molecule has 3 nitrogen and oxygen atoms in total. The fourth-order valence-corrected chi connectivity index (χ4v) is 1.59. The highest BCUT2D eigenvalue weighted by Gasteiger charge is 2.14. The Morgan fingerprint density at radius 1 is 1.50 bits per heavy atom. The first-order chi connectivity index (χ1) is 7.59. The van der Waals surface area contributed by atoms with E-state index in [1.165, 1.54) is 36.1 Å². The predicted octanol–water partition coefficient (Wildman–Crippen LogP) is 2.87. The third kappa shape index (κ3) is 1.84. The van der Waals surface area contributed by atoms with Crippen LogP contribution in [0.3, 0.4) is 0 Å². The highest BCUT2D eigenvalue weighted by Crippen LogP contribution is 2.20. The SMILES string of the molecule is CC(=O)c1cccc(F)c1-n1cc(Cl)cn1. The minimum Gasteiger partial charge on any atom is -0.294 e. The van der Waals surface area contributed by atoms with Crippen molar-refractivity contribution >= 4 is 17.4 Å². The number of rotatable bonds is 2. The molecule has 5 heteroatoms. The number of hydrogen-bond donors (Lipinski definition) is 0. The molecule has 0 unspecified atom stereocenters. The zero-order valence-electron chi connectivity index (χ0n) is 8.45. The van der Waals surface area contributed by atoms with Crippen LogP contribution in [-0.4, -0.2) is 15.6 Å². The van der Waals surface area contributed by atoms with E-state index < -0.39 is 5.82 Å². The molecular weight excluding hydrogens is 231 g/mol. The standard InChI is InChI=1S/C11H8ClFN2O/c1-7(16)9-3-2-4-10(13)11(9)15-6-8(12)5-14-15/h2-6H,1H3. The smallest absolute Gasteiger partial charge is 0.162 e. The number of para-hydroxylation sites is 1. The van der Waals surface area contributed by atoms with E-state index in [9.17, 15) is 9.18 Å². The van der Waals surface area contributed by atoms with Crippen LogP contribution in [0.1, 0.15) is 17.3 Å². The molecule has 0 aliphatic carbocycles. The molecule has 82 valence electrons. The molecule has 1 aromatic carbocycles. The lowest BCUT2D eigenvalue weighted by Crippen LogP contribution is -2.06. The van der Waals surface area contributed by atoms with Gasteiger partial charge in [0.2, 0.25) is 0 Å². The van der Waals surface area contributed by atoms with E-state index in [2.05, 4.69) is 5.10 Å². The van der Waals surface area contributed by atoms with E-state index in [0.717, 1.165) is 0 Å². The second-order valence-corrected chi connectivity index (χ2v) is 3.73. The fourth-order valence-electron chi connectivity index (χ4n) is 1.46. The van der Waals surface area contributed by atoms with Crippen LogP contribution >= 0.6 is 11.6 Å². The molecule has 2 rings (SSSR count). The number of benzene rings is 1. The van der Waals surface area contributed by atoms with Gasteiger partial charge in [-0.15, -0.1) is 0 Å². The molecule has 0 amide bonds. The Bertz CT molecular complexity index is 551. The molecule has 0 atom stereocenters. The van der Waals surface area contributed by atoms with Crippen molar-refractivity contribution in [1.82, 2.24) is 9.78 Å². The van der Waals surface area contributed by atoms with Crippen molar-refractivity contribution < 1.29 is 9.18 Å². The number of nitrogens with zero attached hydrogens (tertiary/aromatic N) is 2. The average molecular weight is 239 g/mol. The molecule has 0 aliphatic heterocycles. The highest BCUT2D eigenvalue weighted by atomic mass is 35.5. The lowest BCUT2D eigenvalue weighted by Gasteiger charge is -2.07. The average Bonchev–Trinajstić information content (AvgIpc) is 2.64. The molecule has 1 aromatic heterocycles. The number of ketones is 1. The van der Waals surface area contributed by atoms with Crippen molar-refractivity contribution in [2.45, 2.75) is 6.92 Å². The molecule has 0 saturated heterocycles. The van der Waals surface area contributed by atoms with Crippen LogP contribution in [0.4, 0.5) is 4.39 Å². The van der Waals surface area contributed by atoms with E-state index in [1.54, 1.807) is 6.07 Å². The van der Waals surface area contributed by atoms with Crippen LogP contribution in [0.2, 0.25) is 5.02 Å². The summed E-state index contributed by atoms with van der Waals surface area (Å²) in [5.74, 6) is -0.728. The summed E-state index contributed by atoms with van der Waals surface area (Å²) in [6.07, 6.45) is 2.84. The lowest BCUT2D eigenvalue weighted by molar-refractivity contribution is 0.101. The van der Waals surface area contributed by atoms with Gasteiger partial charge in [-0.2, -0.15) is 5.10 Å². The summed E-state index contributed by atoms with van der Waals surface area (Å²) in [5, 5.41) is 4.27.